The summed E-state index contributed by atoms with van der Waals surface area (Å²) in [5.41, 5.74) is 1.25. The van der Waals surface area contributed by atoms with Crippen molar-refractivity contribution in [2.24, 2.45) is 17.8 Å². The van der Waals surface area contributed by atoms with E-state index in [9.17, 15) is 9.59 Å². The maximum absolute atomic E-state index is 12.6. The van der Waals surface area contributed by atoms with Crippen LogP contribution in [0.1, 0.15) is 52.0 Å². The first-order chi connectivity index (χ1) is 12.2. The molecule has 26 heavy (non-hydrogen) atoms. The van der Waals surface area contributed by atoms with Crippen molar-refractivity contribution in [2.75, 3.05) is 12.4 Å². The minimum Gasteiger partial charge on any atom is -0.444 e. The fraction of sp³-hybridized carbons (Fsp3) is 0.619. The molecular formula is C21H30N2O3. The zero-order valence-electron chi connectivity index (χ0n) is 16.2. The average molecular weight is 358 g/mol. The Morgan fingerprint density at radius 3 is 2.62 bits per heavy atom. The van der Waals surface area contributed by atoms with Gasteiger partial charge in [-0.15, -0.1) is 0 Å². The van der Waals surface area contributed by atoms with Gasteiger partial charge in [-0.1, -0.05) is 18.6 Å². The molecule has 3 unspecified atom stereocenters. The number of fused-ring (bicyclic) bond motifs is 2. The van der Waals surface area contributed by atoms with Gasteiger partial charge in [0.2, 0.25) is 5.91 Å². The van der Waals surface area contributed by atoms with Crippen LogP contribution in [-0.2, 0) is 16.1 Å². The number of carbonyl (C=O) groups excluding carboxylic acids is 2. The van der Waals surface area contributed by atoms with Crippen LogP contribution in [0.3, 0.4) is 0 Å². The van der Waals surface area contributed by atoms with Gasteiger partial charge in [-0.25, -0.2) is 4.79 Å². The van der Waals surface area contributed by atoms with Crippen molar-refractivity contribution in [1.82, 2.24) is 4.90 Å². The lowest BCUT2D eigenvalue weighted by Gasteiger charge is -2.25. The Morgan fingerprint density at radius 2 is 2.00 bits per heavy atom. The molecule has 142 valence electrons. The first-order valence-electron chi connectivity index (χ1n) is 9.55. The number of hydrogen-bond acceptors (Lipinski definition) is 3. The van der Waals surface area contributed by atoms with E-state index in [2.05, 4.69) is 5.32 Å². The molecule has 2 amide bonds. The molecule has 2 aliphatic carbocycles. The minimum absolute atomic E-state index is 0.148. The molecule has 3 rings (SSSR count). The van der Waals surface area contributed by atoms with Gasteiger partial charge in [0, 0.05) is 25.2 Å². The van der Waals surface area contributed by atoms with E-state index in [-0.39, 0.29) is 17.9 Å². The molecule has 5 heteroatoms. The number of anilines is 1. The van der Waals surface area contributed by atoms with Gasteiger partial charge in [-0.05, 0) is 69.6 Å². The van der Waals surface area contributed by atoms with Crippen LogP contribution in [0, 0.1) is 17.8 Å². The molecular weight excluding hydrogens is 328 g/mol. The molecule has 2 saturated carbocycles. The van der Waals surface area contributed by atoms with Crippen molar-refractivity contribution in [3.8, 4) is 0 Å². The quantitative estimate of drug-likeness (QED) is 0.866. The zero-order chi connectivity index (χ0) is 18.9. The number of hydrogen-bond donors (Lipinski definition) is 1. The topological polar surface area (TPSA) is 58.6 Å². The summed E-state index contributed by atoms with van der Waals surface area (Å²) in [6, 6.07) is 7.71. The van der Waals surface area contributed by atoms with Crippen molar-refractivity contribution in [1.29, 1.82) is 0 Å². The van der Waals surface area contributed by atoms with Gasteiger partial charge in [0.1, 0.15) is 5.60 Å². The van der Waals surface area contributed by atoms with E-state index in [1.165, 1.54) is 19.3 Å². The van der Waals surface area contributed by atoms with Gasteiger partial charge < -0.3 is 15.0 Å². The Hall–Kier alpha value is -2.04. The van der Waals surface area contributed by atoms with Crippen molar-refractivity contribution in [3.05, 3.63) is 29.8 Å². The first-order valence-corrected chi connectivity index (χ1v) is 9.55. The summed E-state index contributed by atoms with van der Waals surface area (Å²) in [4.78, 5) is 26.3. The smallest absolute Gasteiger partial charge is 0.410 e. The van der Waals surface area contributed by atoms with Crippen LogP contribution < -0.4 is 5.32 Å². The standard InChI is InChI=1S/C21H30N2O3/c1-21(2,3)26-20(25)23(4)13-15-6-5-7-17(11-15)22-19(24)18-12-14-8-9-16(18)10-14/h5-7,11,14,16,18H,8-10,12-13H2,1-4H3,(H,22,24). The van der Waals surface area contributed by atoms with Gasteiger partial charge in [0.25, 0.3) is 0 Å². The van der Waals surface area contributed by atoms with E-state index < -0.39 is 5.60 Å². The van der Waals surface area contributed by atoms with Gasteiger partial charge in [-0.2, -0.15) is 0 Å². The number of amides is 2. The molecule has 1 aromatic rings. The summed E-state index contributed by atoms with van der Waals surface area (Å²) in [5, 5.41) is 3.08. The molecule has 5 nitrogen and oxygen atoms in total. The predicted octanol–water partition coefficient (Wildman–Crippen LogP) is 4.43. The summed E-state index contributed by atoms with van der Waals surface area (Å²) in [6.45, 7) is 5.99. The summed E-state index contributed by atoms with van der Waals surface area (Å²) in [7, 11) is 1.72. The highest BCUT2D eigenvalue weighted by Gasteiger charge is 2.43. The fourth-order valence-corrected chi connectivity index (χ4v) is 4.23. The number of benzene rings is 1. The molecule has 0 aromatic heterocycles. The molecule has 1 aromatic carbocycles. The van der Waals surface area contributed by atoms with Gasteiger partial charge >= 0.3 is 6.09 Å². The second kappa shape index (κ2) is 7.29. The molecule has 2 bridgehead atoms. The molecule has 3 atom stereocenters. The summed E-state index contributed by atoms with van der Waals surface area (Å²) < 4.78 is 5.38. The predicted molar refractivity (Wildman–Crippen MR) is 102 cm³/mol. The second-order valence-electron chi connectivity index (χ2n) is 8.81. The Bertz CT molecular complexity index is 680. The molecule has 0 aliphatic heterocycles. The largest absolute Gasteiger partial charge is 0.444 e. The lowest BCUT2D eigenvalue weighted by atomic mass is 9.88. The van der Waals surface area contributed by atoms with Crippen molar-refractivity contribution in [3.63, 3.8) is 0 Å². The highest BCUT2D eigenvalue weighted by atomic mass is 16.6. The molecule has 0 saturated heterocycles. The van der Waals surface area contributed by atoms with Gasteiger partial charge in [0.05, 0.1) is 0 Å². The maximum atomic E-state index is 12.6. The van der Waals surface area contributed by atoms with E-state index in [0.29, 0.717) is 12.5 Å². The van der Waals surface area contributed by atoms with Crippen LogP contribution in [0.2, 0.25) is 0 Å². The van der Waals surface area contributed by atoms with Crippen LogP contribution in [-0.4, -0.2) is 29.5 Å². The highest BCUT2D eigenvalue weighted by Crippen LogP contribution is 2.48. The Balaban J connectivity index is 1.58. The van der Waals surface area contributed by atoms with E-state index in [1.807, 2.05) is 45.0 Å². The van der Waals surface area contributed by atoms with Crippen molar-refractivity contribution in [2.45, 2.75) is 58.6 Å². The first kappa shape index (κ1) is 18.7. The maximum Gasteiger partial charge on any atom is 0.410 e. The molecule has 0 spiro atoms. The normalized spacial score (nSPS) is 24.4. The molecule has 2 aliphatic rings. The van der Waals surface area contributed by atoms with Crippen molar-refractivity contribution >= 4 is 17.7 Å². The number of nitrogens with zero attached hydrogens (tertiary/aromatic N) is 1. The molecule has 1 N–H and O–H groups in total. The van der Waals surface area contributed by atoms with Gasteiger partial charge in [-0.3, -0.25) is 4.79 Å². The number of ether oxygens (including phenoxy) is 1. The second-order valence-corrected chi connectivity index (χ2v) is 8.81. The molecule has 0 heterocycles. The van der Waals surface area contributed by atoms with Crippen LogP contribution in [0.15, 0.2) is 24.3 Å². The lowest BCUT2D eigenvalue weighted by molar-refractivity contribution is -0.121. The summed E-state index contributed by atoms with van der Waals surface area (Å²) >= 11 is 0. The monoisotopic (exact) mass is 358 g/mol. The van der Waals surface area contributed by atoms with Crippen LogP contribution in [0.5, 0.6) is 0 Å². The average Bonchev–Trinajstić information content (AvgIpc) is 3.16. The fourth-order valence-electron chi connectivity index (χ4n) is 4.23. The third-order valence-corrected chi connectivity index (χ3v) is 5.39. The third-order valence-electron chi connectivity index (χ3n) is 5.39. The SMILES string of the molecule is CN(Cc1cccc(NC(=O)C2CC3CCC2C3)c1)C(=O)OC(C)(C)C. The summed E-state index contributed by atoms with van der Waals surface area (Å²) in [6.07, 6.45) is 4.40. The molecule has 2 fully saturated rings. The Morgan fingerprint density at radius 1 is 1.23 bits per heavy atom. The van der Waals surface area contributed by atoms with E-state index in [4.69, 9.17) is 4.74 Å². The number of carbonyl (C=O) groups is 2. The zero-order valence-corrected chi connectivity index (χ0v) is 16.2. The Labute approximate surface area is 156 Å². The molecule has 0 radical (unpaired) electrons. The minimum atomic E-state index is -0.512. The van der Waals surface area contributed by atoms with E-state index in [1.54, 1.807) is 11.9 Å². The van der Waals surface area contributed by atoms with Crippen LogP contribution >= 0.6 is 0 Å². The highest BCUT2D eigenvalue weighted by molar-refractivity contribution is 5.93. The van der Waals surface area contributed by atoms with E-state index >= 15 is 0 Å². The lowest BCUT2D eigenvalue weighted by Crippen LogP contribution is -2.33. The Kier molecular flexibility index (Phi) is 5.26. The van der Waals surface area contributed by atoms with E-state index in [0.717, 1.165) is 23.6 Å². The van der Waals surface area contributed by atoms with Crippen LogP contribution in [0.4, 0.5) is 10.5 Å². The third kappa shape index (κ3) is 4.57. The van der Waals surface area contributed by atoms with Crippen molar-refractivity contribution < 1.29 is 14.3 Å². The van der Waals surface area contributed by atoms with Crippen LogP contribution in [0.25, 0.3) is 0 Å². The van der Waals surface area contributed by atoms with Gasteiger partial charge in [0.15, 0.2) is 0 Å². The number of rotatable bonds is 4. The number of nitrogens with one attached hydrogen (secondary N) is 1. The summed E-state index contributed by atoms with van der Waals surface area (Å²) in [5.74, 6) is 1.64.